The van der Waals surface area contributed by atoms with Crippen LogP contribution in [0.2, 0.25) is 0 Å². The summed E-state index contributed by atoms with van der Waals surface area (Å²) in [6.45, 7) is 4.33. The smallest absolute Gasteiger partial charge is 0.341 e. The highest BCUT2D eigenvalue weighted by Gasteiger charge is 2.54. The molecule has 0 radical (unpaired) electrons. The minimum absolute atomic E-state index is 0.0797. The van der Waals surface area contributed by atoms with E-state index in [0.717, 1.165) is 16.6 Å². The fourth-order valence-corrected chi connectivity index (χ4v) is 5.23. The number of carbonyl (C=O) groups is 1. The number of carboxylic acids is 1. The summed E-state index contributed by atoms with van der Waals surface area (Å²) in [4.78, 5) is 16.3. The molecule has 0 spiro atoms. The molecule has 5 rings (SSSR count). The second kappa shape index (κ2) is 8.01. The van der Waals surface area contributed by atoms with Crippen molar-refractivity contribution in [3.8, 4) is 11.4 Å². The Balaban J connectivity index is 1.86. The number of nitrogens with one attached hydrogen (secondary N) is 1. The van der Waals surface area contributed by atoms with Crippen LogP contribution in [0.15, 0.2) is 30.5 Å². The van der Waals surface area contributed by atoms with Crippen LogP contribution in [0.3, 0.4) is 0 Å². The molecular weight excluding hydrogens is 458 g/mol. The van der Waals surface area contributed by atoms with Gasteiger partial charge in [0.1, 0.15) is 0 Å². The lowest BCUT2D eigenvalue weighted by Gasteiger charge is -2.40. The number of H-pyrrole nitrogens is 1. The third-order valence-electron chi connectivity index (χ3n) is 6.85. The van der Waals surface area contributed by atoms with Crippen molar-refractivity contribution in [3.05, 3.63) is 47.5 Å². The summed E-state index contributed by atoms with van der Waals surface area (Å²) in [5.74, 6) is -2.25. The number of alkyl halides is 1. The standard InChI is InChI=1S/C25H26F2N4O4/c1-24(2,12-34-3)21-19(14-9-25(27,10-14)23(32)33)20-17(7-13-11-28-30-22(13)29-20)31(21)15-5-6-16(26)18(8-15)35-4/h5-8,11,14H,9-10,12H2,1-4H3,(H,32,33)(H,28,29,30). The Labute approximate surface area is 199 Å². The molecule has 0 bridgehead atoms. The molecular formula is C25H26F2N4O4. The van der Waals surface area contributed by atoms with E-state index in [1.807, 2.05) is 24.5 Å². The summed E-state index contributed by atoms with van der Waals surface area (Å²) in [6.07, 6.45) is 1.34. The summed E-state index contributed by atoms with van der Waals surface area (Å²) < 4.78 is 41.9. The van der Waals surface area contributed by atoms with Gasteiger partial charge in [-0.25, -0.2) is 18.6 Å². The first-order valence-electron chi connectivity index (χ1n) is 11.2. The number of nitrogens with zero attached hydrogens (tertiary/aromatic N) is 3. The van der Waals surface area contributed by atoms with Crippen LogP contribution in [-0.2, 0) is 14.9 Å². The van der Waals surface area contributed by atoms with E-state index in [4.69, 9.17) is 14.5 Å². The van der Waals surface area contributed by atoms with E-state index in [2.05, 4.69) is 10.2 Å². The van der Waals surface area contributed by atoms with Gasteiger partial charge in [-0.05, 0) is 37.0 Å². The largest absolute Gasteiger partial charge is 0.494 e. The molecule has 1 aromatic carbocycles. The Morgan fingerprint density at radius 1 is 1.31 bits per heavy atom. The first kappa shape index (κ1) is 23.2. The number of benzene rings is 1. The van der Waals surface area contributed by atoms with E-state index < -0.39 is 22.9 Å². The summed E-state index contributed by atoms with van der Waals surface area (Å²) in [5.41, 5.74) is 1.22. The number of fused-ring (bicyclic) bond motifs is 2. The number of rotatable bonds is 7. The number of aliphatic carboxylic acids is 1. The van der Waals surface area contributed by atoms with Crippen molar-refractivity contribution in [2.45, 2.75) is 43.7 Å². The van der Waals surface area contributed by atoms with Crippen LogP contribution in [0.4, 0.5) is 8.78 Å². The molecule has 2 N–H and O–H groups in total. The van der Waals surface area contributed by atoms with Crippen LogP contribution in [0.25, 0.3) is 27.8 Å². The van der Waals surface area contributed by atoms with E-state index in [1.165, 1.54) is 13.2 Å². The summed E-state index contributed by atoms with van der Waals surface area (Å²) in [6, 6.07) is 6.49. The molecule has 1 aliphatic rings. The lowest BCUT2D eigenvalue weighted by molar-refractivity contribution is -0.158. The van der Waals surface area contributed by atoms with Gasteiger partial charge in [-0.2, -0.15) is 5.10 Å². The molecule has 184 valence electrons. The van der Waals surface area contributed by atoms with Crippen molar-refractivity contribution in [2.24, 2.45) is 0 Å². The molecule has 1 fully saturated rings. The van der Waals surface area contributed by atoms with Crippen LogP contribution in [0.5, 0.6) is 5.75 Å². The molecule has 0 amide bonds. The molecule has 1 aliphatic carbocycles. The molecule has 35 heavy (non-hydrogen) atoms. The van der Waals surface area contributed by atoms with Crippen LogP contribution < -0.4 is 4.74 Å². The van der Waals surface area contributed by atoms with Crippen molar-refractivity contribution >= 4 is 28.0 Å². The lowest BCUT2D eigenvalue weighted by atomic mass is 9.67. The highest BCUT2D eigenvalue weighted by Crippen LogP contribution is 2.53. The van der Waals surface area contributed by atoms with Gasteiger partial charge in [-0.15, -0.1) is 0 Å². The second-order valence-corrected chi connectivity index (χ2v) is 9.77. The zero-order valence-electron chi connectivity index (χ0n) is 19.9. The van der Waals surface area contributed by atoms with Gasteiger partial charge < -0.3 is 19.1 Å². The normalized spacial score (nSPS) is 20.3. The molecule has 8 nitrogen and oxygen atoms in total. The van der Waals surface area contributed by atoms with E-state index in [9.17, 15) is 18.7 Å². The number of halogens is 2. The Morgan fingerprint density at radius 3 is 2.71 bits per heavy atom. The fourth-order valence-electron chi connectivity index (χ4n) is 5.23. The van der Waals surface area contributed by atoms with Crippen LogP contribution in [-0.4, -0.2) is 57.3 Å². The van der Waals surface area contributed by atoms with Crippen molar-refractivity contribution in [1.29, 1.82) is 0 Å². The minimum Gasteiger partial charge on any atom is -0.494 e. The van der Waals surface area contributed by atoms with Gasteiger partial charge in [0.15, 0.2) is 17.2 Å². The van der Waals surface area contributed by atoms with E-state index in [0.29, 0.717) is 29.0 Å². The van der Waals surface area contributed by atoms with Gasteiger partial charge in [0.25, 0.3) is 0 Å². The number of aromatic amines is 1. The Hall–Kier alpha value is -3.53. The predicted octanol–water partition coefficient (Wildman–Crippen LogP) is 4.64. The number of methoxy groups -OCH3 is 2. The molecule has 0 unspecified atom stereocenters. The summed E-state index contributed by atoms with van der Waals surface area (Å²) in [5, 5.41) is 17.1. The average Bonchev–Trinajstić information content (AvgIpc) is 3.37. The third kappa shape index (κ3) is 3.54. The molecule has 0 aliphatic heterocycles. The highest BCUT2D eigenvalue weighted by atomic mass is 19.1. The first-order valence-corrected chi connectivity index (χ1v) is 11.2. The number of hydrogen-bond donors (Lipinski definition) is 2. The first-order chi connectivity index (χ1) is 16.6. The van der Waals surface area contributed by atoms with E-state index in [1.54, 1.807) is 25.4 Å². The van der Waals surface area contributed by atoms with Gasteiger partial charge >= 0.3 is 5.97 Å². The molecule has 3 aromatic heterocycles. The number of hydrogen-bond acceptors (Lipinski definition) is 5. The maximum Gasteiger partial charge on any atom is 0.341 e. The van der Waals surface area contributed by atoms with Crippen molar-refractivity contribution in [1.82, 2.24) is 19.7 Å². The van der Waals surface area contributed by atoms with Crippen molar-refractivity contribution in [2.75, 3.05) is 20.8 Å². The molecule has 1 saturated carbocycles. The van der Waals surface area contributed by atoms with Gasteiger partial charge in [0.05, 0.1) is 30.9 Å². The zero-order valence-corrected chi connectivity index (χ0v) is 19.9. The highest BCUT2D eigenvalue weighted by molar-refractivity contribution is 5.94. The van der Waals surface area contributed by atoms with Crippen LogP contribution in [0.1, 0.15) is 43.9 Å². The second-order valence-electron chi connectivity index (χ2n) is 9.77. The molecule has 4 aromatic rings. The Bertz CT molecular complexity index is 1450. The van der Waals surface area contributed by atoms with Crippen molar-refractivity contribution < 1.29 is 28.2 Å². The monoisotopic (exact) mass is 484 g/mol. The third-order valence-corrected chi connectivity index (χ3v) is 6.85. The number of ether oxygens (including phenoxy) is 2. The molecule has 0 saturated heterocycles. The number of carboxylic acid groups (broad SMARTS) is 1. The number of aromatic nitrogens is 4. The summed E-state index contributed by atoms with van der Waals surface area (Å²) in [7, 11) is 3.00. The fraction of sp³-hybridized carbons (Fsp3) is 0.400. The lowest BCUT2D eigenvalue weighted by Crippen LogP contribution is -2.46. The Morgan fingerprint density at radius 2 is 2.06 bits per heavy atom. The van der Waals surface area contributed by atoms with E-state index >= 15 is 0 Å². The van der Waals surface area contributed by atoms with Crippen LogP contribution >= 0.6 is 0 Å². The molecule has 10 heteroatoms. The predicted molar refractivity (Wildman–Crippen MR) is 126 cm³/mol. The quantitative estimate of drug-likeness (QED) is 0.396. The molecule has 0 atom stereocenters. The number of pyridine rings is 1. The zero-order chi connectivity index (χ0) is 25.1. The maximum atomic E-state index is 14.9. The van der Waals surface area contributed by atoms with Gasteiger partial charge in [-0.1, -0.05) is 13.8 Å². The summed E-state index contributed by atoms with van der Waals surface area (Å²) >= 11 is 0. The molecule has 3 heterocycles. The van der Waals surface area contributed by atoms with Crippen molar-refractivity contribution in [3.63, 3.8) is 0 Å². The van der Waals surface area contributed by atoms with Gasteiger partial charge in [-0.3, -0.25) is 5.10 Å². The maximum absolute atomic E-state index is 14.9. The van der Waals surface area contributed by atoms with Gasteiger partial charge in [0, 0.05) is 40.9 Å². The van der Waals surface area contributed by atoms with E-state index in [-0.39, 0.29) is 24.5 Å². The topological polar surface area (TPSA) is 102 Å². The van der Waals surface area contributed by atoms with Crippen LogP contribution in [0, 0.1) is 5.82 Å². The average molecular weight is 485 g/mol. The minimum atomic E-state index is -2.28. The SMILES string of the molecule is COCC(C)(C)c1c(C2CC(F)(C(=O)O)C2)c2nc3[nH]ncc3cc2n1-c1ccc(F)c(OC)c1. The Kier molecular flexibility index (Phi) is 5.32. The van der Waals surface area contributed by atoms with Gasteiger partial charge in [0.2, 0.25) is 5.67 Å².